The van der Waals surface area contributed by atoms with Crippen LogP contribution in [0.2, 0.25) is 0 Å². The van der Waals surface area contributed by atoms with E-state index in [9.17, 15) is 12.8 Å². The normalized spacial score (nSPS) is 13.5. The van der Waals surface area contributed by atoms with Gasteiger partial charge >= 0.3 is 0 Å². The number of aliphatic hydroxyl groups excluding tert-OH is 1. The van der Waals surface area contributed by atoms with Crippen LogP contribution in [0.25, 0.3) is 22.2 Å². The average molecular weight is 556 g/mol. The van der Waals surface area contributed by atoms with E-state index in [0.717, 1.165) is 22.0 Å². The highest BCUT2D eigenvalue weighted by Crippen LogP contribution is 2.33. The van der Waals surface area contributed by atoms with Gasteiger partial charge in [-0.1, -0.05) is 26.8 Å². The summed E-state index contributed by atoms with van der Waals surface area (Å²) in [5.74, 6) is 0.706. The number of hydrogen-bond acceptors (Lipinski definition) is 9. The zero-order valence-corrected chi connectivity index (χ0v) is 23.5. The van der Waals surface area contributed by atoms with Crippen LogP contribution in [0.5, 0.6) is 0 Å². The summed E-state index contributed by atoms with van der Waals surface area (Å²) in [6, 6.07) is 7.62. The van der Waals surface area contributed by atoms with Crippen molar-refractivity contribution in [3.8, 4) is 11.4 Å². The van der Waals surface area contributed by atoms with Gasteiger partial charge in [-0.15, -0.1) is 5.10 Å². The minimum atomic E-state index is -3.09. The molecule has 208 valence electrons. The minimum absolute atomic E-state index is 0.0767. The van der Waals surface area contributed by atoms with Crippen molar-refractivity contribution in [2.45, 2.75) is 46.2 Å². The SMILES string of the molecule is CC(C)c1ccc(N[C@H](C)[C@H](C)CS(C)(=O)=O)c2cnc(Nc3ccnc(-c4cn(CCO)nc4F)n3)cc12. The second-order valence-electron chi connectivity index (χ2n) is 10.2. The van der Waals surface area contributed by atoms with E-state index < -0.39 is 15.8 Å². The summed E-state index contributed by atoms with van der Waals surface area (Å²) < 4.78 is 39.2. The first kappa shape index (κ1) is 28.4. The molecular formula is C27H34FN7O3S. The summed E-state index contributed by atoms with van der Waals surface area (Å²) >= 11 is 0. The topological polar surface area (TPSA) is 135 Å². The standard InChI is InChI=1S/C27H34FN7O3S/c1-16(2)19-6-7-23(31-18(4)17(3)15-39(5,37)38)21-13-30-25(12-20(19)21)32-24-8-9-29-27(33-24)22-14-35(10-11-36)34-26(22)28/h6-9,12-14,16-18,31,36H,10-11,15H2,1-5H3,(H,29,30,32,33)/t17-,18-/m1/s1. The van der Waals surface area contributed by atoms with E-state index in [4.69, 9.17) is 5.11 Å². The fraction of sp³-hybridized carbons (Fsp3) is 0.407. The van der Waals surface area contributed by atoms with Crippen molar-refractivity contribution in [2.75, 3.05) is 29.2 Å². The van der Waals surface area contributed by atoms with E-state index in [1.165, 1.54) is 23.3 Å². The third-order valence-corrected chi connectivity index (χ3v) is 7.69. The largest absolute Gasteiger partial charge is 0.394 e. The molecule has 2 atom stereocenters. The first-order valence-corrected chi connectivity index (χ1v) is 14.8. The summed E-state index contributed by atoms with van der Waals surface area (Å²) in [6.45, 7) is 8.14. The second-order valence-corrected chi connectivity index (χ2v) is 12.4. The smallest absolute Gasteiger partial charge is 0.243 e. The molecule has 0 saturated heterocycles. The Labute approximate surface area is 227 Å². The summed E-state index contributed by atoms with van der Waals surface area (Å²) in [7, 11) is -3.09. The number of fused-ring (bicyclic) bond motifs is 1. The lowest BCUT2D eigenvalue weighted by atomic mass is 9.95. The van der Waals surface area contributed by atoms with Crippen LogP contribution in [0.15, 0.2) is 42.9 Å². The Morgan fingerprint density at radius 2 is 1.85 bits per heavy atom. The fourth-order valence-electron chi connectivity index (χ4n) is 4.42. The number of halogens is 1. The van der Waals surface area contributed by atoms with Gasteiger partial charge in [0.05, 0.1) is 24.5 Å². The van der Waals surface area contributed by atoms with E-state index >= 15 is 0 Å². The Morgan fingerprint density at radius 1 is 1.08 bits per heavy atom. The van der Waals surface area contributed by atoms with Crippen LogP contribution in [0, 0.1) is 11.9 Å². The van der Waals surface area contributed by atoms with Crippen LogP contribution in [0.1, 0.15) is 39.2 Å². The monoisotopic (exact) mass is 555 g/mol. The Balaban J connectivity index is 1.64. The van der Waals surface area contributed by atoms with E-state index in [1.54, 1.807) is 12.3 Å². The van der Waals surface area contributed by atoms with Crippen LogP contribution in [-0.2, 0) is 16.4 Å². The molecule has 0 radical (unpaired) electrons. The van der Waals surface area contributed by atoms with E-state index in [2.05, 4.69) is 50.6 Å². The summed E-state index contributed by atoms with van der Waals surface area (Å²) in [5, 5.41) is 21.4. The van der Waals surface area contributed by atoms with Gasteiger partial charge in [-0.2, -0.15) is 4.39 Å². The first-order chi connectivity index (χ1) is 18.4. The van der Waals surface area contributed by atoms with Crippen molar-refractivity contribution in [3.63, 3.8) is 0 Å². The highest BCUT2D eigenvalue weighted by molar-refractivity contribution is 7.90. The van der Waals surface area contributed by atoms with Crippen molar-refractivity contribution in [3.05, 3.63) is 54.4 Å². The Hall–Kier alpha value is -3.64. The molecule has 0 spiro atoms. The molecule has 3 heterocycles. The molecule has 0 fully saturated rings. The van der Waals surface area contributed by atoms with Gasteiger partial charge in [0.2, 0.25) is 5.95 Å². The number of rotatable bonds is 11. The minimum Gasteiger partial charge on any atom is -0.394 e. The lowest BCUT2D eigenvalue weighted by Crippen LogP contribution is -2.29. The van der Waals surface area contributed by atoms with Crippen LogP contribution < -0.4 is 10.6 Å². The van der Waals surface area contributed by atoms with Gasteiger partial charge in [0, 0.05) is 42.0 Å². The fourth-order valence-corrected chi connectivity index (χ4v) is 5.67. The molecular weight excluding hydrogens is 521 g/mol. The molecule has 0 saturated carbocycles. The van der Waals surface area contributed by atoms with Crippen molar-refractivity contribution in [1.29, 1.82) is 0 Å². The number of anilines is 3. The molecule has 0 unspecified atom stereocenters. The predicted octanol–water partition coefficient (Wildman–Crippen LogP) is 4.37. The van der Waals surface area contributed by atoms with Gasteiger partial charge < -0.3 is 15.7 Å². The zero-order valence-electron chi connectivity index (χ0n) is 22.7. The van der Waals surface area contributed by atoms with Crippen LogP contribution >= 0.6 is 0 Å². The van der Waals surface area contributed by atoms with Crippen molar-refractivity contribution in [1.82, 2.24) is 24.7 Å². The lowest BCUT2D eigenvalue weighted by molar-refractivity contribution is 0.267. The summed E-state index contributed by atoms with van der Waals surface area (Å²) in [4.78, 5) is 13.2. The molecule has 4 aromatic rings. The Kier molecular flexibility index (Phi) is 8.45. The molecule has 10 nitrogen and oxygen atoms in total. The van der Waals surface area contributed by atoms with Gasteiger partial charge in [-0.3, -0.25) is 4.68 Å². The summed E-state index contributed by atoms with van der Waals surface area (Å²) in [5.41, 5.74) is 2.15. The molecule has 12 heteroatoms. The number of sulfone groups is 1. The van der Waals surface area contributed by atoms with E-state index in [-0.39, 0.29) is 48.2 Å². The van der Waals surface area contributed by atoms with Gasteiger partial charge in [-0.25, -0.2) is 23.4 Å². The highest BCUT2D eigenvalue weighted by atomic mass is 32.2. The number of benzene rings is 1. The summed E-state index contributed by atoms with van der Waals surface area (Å²) in [6.07, 6.45) is 6.01. The number of nitrogens with one attached hydrogen (secondary N) is 2. The molecule has 0 aliphatic carbocycles. The van der Waals surface area contributed by atoms with Crippen molar-refractivity contribution >= 4 is 37.9 Å². The van der Waals surface area contributed by atoms with Crippen LogP contribution in [-0.4, -0.2) is 62.9 Å². The molecule has 3 aromatic heterocycles. The molecule has 0 aliphatic heterocycles. The molecule has 4 rings (SSSR count). The predicted molar refractivity (Wildman–Crippen MR) is 151 cm³/mol. The quantitative estimate of drug-likeness (QED) is 0.247. The maximum absolute atomic E-state index is 14.4. The second kappa shape index (κ2) is 11.6. The van der Waals surface area contributed by atoms with Gasteiger partial charge in [-0.05, 0) is 47.9 Å². The van der Waals surface area contributed by atoms with Gasteiger partial charge in [0.25, 0.3) is 0 Å². The Morgan fingerprint density at radius 3 is 2.54 bits per heavy atom. The van der Waals surface area contributed by atoms with Crippen LogP contribution in [0.3, 0.4) is 0 Å². The van der Waals surface area contributed by atoms with Crippen molar-refractivity contribution in [2.24, 2.45) is 5.92 Å². The van der Waals surface area contributed by atoms with Crippen LogP contribution in [0.4, 0.5) is 21.7 Å². The van der Waals surface area contributed by atoms with E-state index in [1.807, 2.05) is 26.0 Å². The van der Waals surface area contributed by atoms with Crippen molar-refractivity contribution < 1.29 is 17.9 Å². The third-order valence-electron chi connectivity index (χ3n) is 6.56. The number of pyridine rings is 1. The van der Waals surface area contributed by atoms with Gasteiger partial charge in [0.15, 0.2) is 5.82 Å². The number of nitrogens with zero attached hydrogens (tertiary/aromatic N) is 5. The maximum Gasteiger partial charge on any atom is 0.243 e. The zero-order chi connectivity index (χ0) is 28.3. The van der Waals surface area contributed by atoms with Gasteiger partial charge in [0.1, 0.15) is 21.5 Å². The molecule has 39 heavy (non-hydrogen) atoms. The molecule has 3 N–H and O–H groups in total. The Bertz CT molecular complexity index is 1570. The number of hydrogen-bond donors (Lipinski definition) is 3. The molecule has 0 aliphatic rings. The molecule has 0 amide bonds. The lowest BCUT2D eigenvalue weighted by Gasteiger charge is -2.23. The number of aliphatic hydroxyl groups is 1. The first-order valence-electron chi connectivity index (χ1n) is 12.8. The highest BCUT2D eigenvalue weighted by Gasteiger charge is 2.19. The average Bonchev–Trinajstić information content (AvgIpc) is 3.23. The molecule has 0 bridgehead atoms. The number of aromatic nitrogens is 5. The maximum atomic E-state index is 14.4. The molecule has 1 aromatic carbocycles. The van der Waals surface area contributed by atoms with E-state index in [0.29, 0.717) is 11.6 Å². The third kappa shape index (κ3) is 6.87.